The van der Waals surface area contributed by atoms with Gasteiger partial charge in [0.05, 0.1) is 11.8 Å². The van der Waals surface area contributed by atoms with Crippen LogP contribution in [0.1, 0.15) is 68.7 Å². The van der Waals surface area contributed by atoms with Gasteiger partial charge < -0.3 is 18.9 Å². The summed E-state index contributed by atoms with van der Waals surface area (Å²) in [5, 5.41) is 0. The smallest absolute Gasteiger partial charge is 0.344 e. The number of carbonyl (C=O) groups excluding carboxylic acids is 6. The summed E-state index contributed by atoms with van der Waals surface area (Å²) in [6.07, 6.45) is 0. The van der Waals surface area contributed by atoms with E-state index in [1.807, 2.05) is 12.1 Å². The quantitative estimate of drug-likeness (QED) is 0.0727. The molecule has 0 aliphatic carbocycles. The Morgan fingerprint density at radius 3 is 1.38 bits per heavy atom. The zero-order valence-electron chi connectivity index (χ0n) is 26.5. The molecule has 4 aromatic carbocycles. The molecule has 0 bridgehead atoms. The first-order valence-corrected chi connectivity index (χ1v) is 15.2. The highest BCUT2D eigenvalue weighted by atomic mass is 16.6. The van der Waals surface area contributed by atoms with Gasteiger partial charge in [-0.3, -0.25) is 19.2 Å². The van der Waals surface area contributed by atoms with Crippen LogP contribution in [0.25, 0.3) is 0 Å². The van der Waals surface area contributed by atoms with E-state index in [2.05, 4.69) is 0 Å². The van der Waals surface area contributed by atoms with E-state index in [0.29, 0.717) is 33.4 Å². The van der Waals surface area contributed by atoms with Crippen molar-refractivity contribution in [2.45, 2.75) is 25.7 Å². The van der Waals surface area contributed by atoms with Gasteiger partial charge in [-0.15, -0.1) is 0 Å². The van der Waals surface area contributed by atoms with E-state index in [1.165, 1.54) is 0 Å². The molecule has 0 aliphatic rings. The largest absolute Gasteiger partial charge is 0.460 e. The lowest BCUT2D eigenvalue weighted by molar-refractivity contribution is -0.164. The minimum absolute atomic E-state index is 0.141. The first-order valence-electron chi connectivity index (χ1n) is 15.2. The van der Waals surface area contributed by atoms with E-state index in [0.717, 1.165) is 0 Å². The van der Waals surface area contributed by atoms with Crippen LogP contribution in [0.5, 0.6) is 0 Å². The number of esters is 4. The number of rotatable bonds is 15. The molecule has 0 aromatic heterocycles. The molecule has 0 unspecified atom stereocenters. The number of carbonyl (C=O) groups is 6. The van der Waals surface area contributed by atoms with Crippen LogP contribution >= 0.6 is 0 Å². The summed E-state index contributed by atoms with van der Waals surface area (Å²) in [4.78, 5) is 74.4. The van der Waals surface area contributed by atoms with Crippen molar-refractivity contribution in [1.29, 1.82) is 0 Å². The van der Waals surface area contributed by atoms with Crippen molar-refractivity contribution in [3.8, 4) is 0 Å². The average Bonchev–Trinajstić information content (AvgIpc) is 3.14. The summed E-state index contributed by atoms with van der Waals surface area (Å²) in [7, 11) is 0. The van der Waals surface area contributed by atoms with Crippen molar-refractivity contribution in [3.05, 3.63) is 143 Å². The molecule has 0 fully saturated rings. The molecule has 10 heteroatoms. The highest BCUT2D eigenvalue weighted by Crippen LogP contribution is 2.21. The highest BCUT2D eigenvalue weighted by molar-refractivity contribution is 6.09. The second kappa shape index (κ2) is 17.1. The van der Waals surface area contributed by atoms with Crippen LogP contribution in [0.2, 0.25) is 0 Å². The SMILES string of the molecule is C[C@H](C(=O)OCC(=O)OCCOC(=O)COC(=O)[C@H](C)c1cccc(C(=O)c2ccccc2)c1)c1ccc(C(=O)c2ccccc2)cc1. The lowest BCUT2D eigenvalue weighted by atomic mass is 9.96. The van der Waals surface area contributed by atoms with E-state index >= 15 is 0 Å². The number of hydrogen-bond acceptors (Lipinski definition) is 10. The molecule has 0 aliphatic heterocycles. The molecule has 246 valence electrons. The zero-order valence-corrected chi connectivity index (χ0v) is 26.5. The van der Waals surface area contributed by atoms with Crippen LogP contribution < -0.4 is 0 Å². The maximum Gasteiger partial charge on any atom is 0.344 e. The third-order valence-electron chi connectivity index (χ3n) is 7.37. The van der Waals surface area contributed by atoms with Gasteiger partial charge in [-0.1, -0.05) is 103 Å². The molecule has 0 saturated heterocycles. The minimum atomic E-state index is -0.851. The fourth-order valence-corrected chi connectivity index (χ4v) is 4.56. The predicted molar refractivity (Wildman–Crippen MR) is 173 cm³/mol. The Labute approximate surface area is 277 Å². The number of benzene rings is 4. The Hall–Kier alpha value is -5.90. The normalized spacial score (nSPS) is 11.8. The van der Waals surface area contributed by atoms with Crippen LogP contribution in [0.3, 0.4) is 0 Å². The standard InChI is InChI=1S/C38H34O10/c1-25(27-16-18-30(19-17-27)35(41)28-10-5-3-6-11-28)37(43)47-23-33(39)45-20-21-46-34(40)24-48-38(44)26(2)31-14-9-15-32(22-31)36(42)29-12-7-4-8-13-29/h3-19,22,25-26H,20-21,23-24H2,1-2H3/t25-,26+/m0/s1. The van der Waals surface area contributed by atoms with Crippen molar-refractivity contribution in [2.24, 2.45) is 0 Å². The molecule has 0 N–H and O–H groups in total. The molecular formula is C38H34O10. The summed E-state index contributed by atoms with van der Waals surface area (Å²) in [6.45, 7) is 1.30. The van der Waals surface area contributed by atoms with Crippen LogP contribution in [0, 0.1) is 0 Å². The molecular weight excluding hydrogens is 616 g/mol. The zero-order chi connectivity index (χ0) is 34.5. The summed E-state index contributed by atoms with van der Waals surface area (Å²) in [5.74, 6) is -4.82. The molecule has 0 radical (unpaired) electrons. The first-order chi connectivity index (χ1) is 23.1. The van der Waals surface area contributed by atoms with Gasteiger partial charge in [-0.05, 0) is 31.0 Å². The second-order valence-electron chi connectivity index (χ2n) is 10.7. The van der Waals surface area contributed by atoms with E-state index in [9.17, 15) is 28.8 Å². The van der Waals surface area contributed by atoms with Gasteiger partial charge >= 0.3 is 23.9 Å². The molecule has 4 aromatic rings. The molecule has 0 heterocycles. The average molecular weight is 651 g/mol. The highest BCUT2D eigenvalue weighted by Gasteiger charge is 2.21. The molecule has 2 atom stereocenters. The van der Waals surface area contributed by atoms with Crippen molar-refractivity contribution in [1.82, 2.24) is 0 Å². The van der Waals surface area contributed by atoms with E-state index in [1.54, 1.807) is 111 Å². The van der Waals surface area contributed by atoms with Crippen LogP contribution in [-0.2, 0) is 38.1 Å². The van der Waals surface area contributed by atoms with Gasteiger partial charge in [0.1, 0.15) is 13.2 Å². The van der Waals surface area contributed by atoms with E-state index < -0.39 is 48.9 Å². The van der Waals surface area contributed by atoms with Crippen LogP contribution in [0.15, 0.2) is 109 Å². The fourth-order valence-electron chi connectivity index (χ4n) is 4.56. The predicted octanol–water partition coefficient (Wildman–Crippen LogP) is 5.23. The molecule has 10 nitrogen and oxygen atoms in total. The van der Waals surface area contributed by atoms with E-state index in [-0.39, 0.29) is 24.8 Å². The fraction of sp³-hybridized carbons (Fsp3) is 0.211. The Morgan fingerprint density at radius 1 is 0.458 bits per heavy atom. The maximum atomic E-state index is 12.7. The Kier molecular flexibility index (Phi) is 12.5. The van der Waals surface area contributed by atoms with E-state index in [4.69, 9.17) is 18.9 Å². The van der Waals surface area contributed by atoms with Gasteiger partial charge in [-0.25, -0.2) is 9.59 Å². The molecule has 4 rings (SSSR count). The Balaban J connectivity index is 1.12. The number of ether oxygens (including phenoxy) is 4. The Bertz CT molecular complexity index is 1750. The topological polar surface area (TPSA) is 139 Å². The maximum absolute atomic E-state index is 12.7. The van der Waals surface area contributed by atoms with Gasteiger partial charge in [0.25, 0.3) is 0 Å². The monoisotopic (exact) mass is 650 g/mol. The van der Waals surface area contributed by atoms with Crippen molar-refractivity contribution >= 4 is 35.4 Å². The van der Waals surface area contributed by atoms with Gasteiger partial charge in [-0.2, -0.15) is 0 Å². The molecule has 0 saturated carbocycles. The molecule has 48 heavy (non-hydrogen) atoms. The van der Waals surface area contributed by atoms with Crippen LogP contribution in [0.4, 0.5) is 0 Å². The van der Waals surface area contributed by atoms with Gasteiger partial charge in [0, 0.05) is 22.3 Å². The van der Waals surface area contributed by atoms with Crippen molar-refractivity contribution in [3.63, 3.8) is 0 Å². The third kappa shape index (κ3) is 9.80. The molecule has 0 spiro atoms. The lowest BCUT2D eigenvalue weighted by Crippen LogP contribution is -2.23. The minimum Gasteiger partial charge on any atom is -0.460 e. The Morgan fingerprint density at radius 2 is 0.875 bits per heavy atom. The lowest BCUT2D eigenvalue weighted by Gasteiger charge is -2.13. The first kappa shape index (κ1) is 35.0. The summed E-state index contributed by atoms with van der Waals surface area (Å²) >= 11 is 0. The summed E-state index contributed by atoms with van der Waals surface area (Å²) in [6, 6.07) is 30.7. The van der Waals surface area contributed by atoms with Crippen LogP contribution in [-0.4, -0.2) is 61.9 Å². The van der Waals surface area contributed by atoms with Gasteiger partial charge in [0.15, 0.2) is 24.8 Å². The molecule has 0 amide bonds. The number of ketones is 2. The van der Waals surface area contributed by atoms with Gasteiger partial charge in [0.2, 0.25) is 0 Å². The summed E-state index contributed by atoms with van der Waals surface area (Å²) < 4.78 is 20.0. The second-order valence-corrected chi connectivity index (χ2v) is 10.7. The third-order valence-corrected chi connectivity index (χ3v) is 7.37. The van der Waals surface area contributed by atoms with Crippen molar-refractivity contribution in [2.75, 3.05) is 26.4 Å². The summed E-state index contributed by atoms with van der Waals surface area (Å²) in [5.41, 5.74) is 3.11. The van der Waals surface area contributed by atoms with Crippen molar-refractivity contribution < 1.29 is 47.7 Å². The number of hydrogen-bond donors (Lipinski definition) is 0.